The zero-order chi connectivity index (χ0) is 16.1. The molecule has 1 saturated carbocycles. The zero-order valence-corrected chi connectivity index (χ0v) is 12.2. The fourth-order valence-corrected chi connectivity index (χ4v) is 2.87. The molecule has 1 aliphatic carbocycles. The molecule has 1 fully saturated rings. The molecule has 4 nitrogen and oxygen atoms in total. The van der Waals surface area contributed by atoms with E-state index in [0.717, 1.165) is 11.3 Å². The summed E-state index contributed by atoms with van der Waals surface area (Å²) in [6.07, 6.45) is -1.36. The molecule has 0 saturated heterocycles. The largest absolute Gasteiger partial charge is 0.481 e. The molecule has 0 atom stereocenters. The Morgan fingerprint density at radius 1 is 1.19 bits per heavy atom. The molecule has 0 aromatic rings. The summed E-state index contributed by atoms with van der Waals surface area (Å²) in [5.41, 5.74) is -1.19. The van der Waals surface area contributed by atoms with Crippen molar-refractivity contribution in [2.75, 3.05) is 13.1 Å². The number of hydrogen-bond donors (Lipinski definition) is 1. The molecule has 0 aliphatic heterocycles. The Kier molecular flexibility index (Phi) is 6.04. The number of hydrogen-bond acceptors (Lipinski definition) is 2. The van der Waals surface area contributed by atoms with Crippen molar-refractivity contribution in [2.45, 2.75) is 58.0 Å². The molecule has 0 radical (unpaired) electrons. The van der Waals surface area contributed by atoms with Gasteiger partial charge in [-0.3, -0.25) is 9.59 Å². The molecule has 1 aliphatic rings. The Balaban J connectivity index is 2.80. The van der Waals surface area contributed by atoms with Crippen LogP contribution in [0.2, 0.25) is 0 Å². The van der Waals surface area contributed by atoms with E-state index in [2.05, 4.69) is 0 Å². The van der Waals surface area contributed by atoms with Gasteiger partial charge in [-0.2, -0.15) is 13.2 Å². The van der Waals surface area contributed by atoms with Gasteiger partial charge in [0.25, 0.3) is 0 Å². The standard InChI is InChI=1S/C14H22F3NO3/c1-2-8-18(10-14(15,16)17)11(19)9-13(12(20)21)6-4-3-5-7-13/h2-10H2,1H3,(H,20,21). The van der Waals surface area contributed by atoms with Crippen LogP contribution in [0.1, 0.15) is 51.9 Å². The van der Waals surface area contributed by atoms with Gasteiger partial charge in [0.15, 0.2) is 0 Å². The average molecular weight is 309 g/mol. The maximum absolute atomic E-state index is 12.5. The highest BCUT2D eigenvalue weighted by atomic mass is 19.4. The first kappa shape index (κ1) is 17.8. The summed E-state index contributed by atoms with van der Waals surface area (Å²) in [4.78, 5) is 24.4. The van der Waals surface area contributed by atoms with Gasteiger partial charge in [0.05, 0.1) is 5.41 Å². The molecule has 0 heterocycles. The number of halogens is 3. The maximum Gasteiger partial charge on any atom is 0.406 e. The van der Waals surface area contributed by atoms with Crippen molar-refractivity contribution >= 4 is 11.9 Å². The van der Waals surface area contributed by atoms with Crippen molar-refractivity contribution in [3.63, 3.8) is 0 Å². The second-order valence-electron chi connectivity index (χ2n) is 5.75. The fourth-order valence-electron chi connectivity index (χ4n) is 2.87. The van der Waals surface area contributed by atoms with Crippen LogP contribution < -0.4 is 0 Å². The molecule has 21 heavy (non-hydrogen) atoms. The molecule has 0 unspecified atom stereocenters. The van der Waals surface area contributed by atoms with Crippen LogP contribution in [-0.4, -0.2) is 41.1 Å². The highest BCUT2D eigenvalue weighted by molar-refractivity contribution is 5.85. The minimum Gasteiger partial charge on any atom is -0.481 e. The van der Waals surface area contributed by atoms with Crippen LogP contribution in [0.3, 0.4) is 0 Å². The number of carboxylic acid groups (broad SMARTS) is 1. The fraction of sp³-hybridized carbons (Fsp3) is 0.857. The van der Waals surface area contributed by atoms with E-state index in [1.54, 1.807) is 6.92 Å². The predicted molar refractivity (Wildman–Crippen MR) is 70.7 cm³/mol. The summed E-state index contributed by atoms with van der Waals surface area (Å²) in [7, 11) is 0. The number of aliphatic carboxylic acids is 1. The maximum atomic E-state index is 12.5. The SMILES string of the molecule is CCCN(CC(F)(F)F)C(=O)CC1(C(=O)O)CCCCC1. The van der Waals surface area contributed by atoms with E-state index >= 15 is 0 Å². The van der Waals surface area contributed by atoms with Crippen molar-refractivity contribution < 1.29 is 27.9 Å². The lowest BCUT2D eigenvalue weighted by atomic mass is 9.71. The highest BCUT2D eigenvalue weighted by Crippen LogP contribution is 2.40. The van der Waals surface area contributed by atoms with Crippen LogP contribution in [0.5, 0.6) is 0 Å². The van der Waals surface area contributed by atoms with Crippen LogP contribution in [0.4, 0.5) is 13.2 Å². The van der Waals surface area contributed by atoms with Crippen LogP contribution in [0.25, 0.3) is 0 Å². The molecular formula is C14H22F3NO3. The minimum atomic E-state index is -4.46. The predicted octanol–water partition coefficient (Wildman–Crippen LogP) is 3.21. The molecular weight excluding hydrogens is 287 g/mol. The van der Waals surface area contributed by atoms with Gasteiger partial charge in [-0.15, -0.1) is 0 Å². The van der Waals surface area contributed by atoms with Crippen molar-refractivity contribution in [2.24, 2.45) is 5.41 Å². The zero-order valence-electron chi connectivity index (χ0n) is 12.2. The van der Waals surface area contributed by atoms with Gasteiger partial charge >= 0.3 is 12.1 Å². The Morgan fingerprint density at radius 3 is 2.19 bits per heavy atom. The van der Waals surface area contributed by atoms with E-state index in [4.69, 9.17) is 0 Å². The van der Waals surface area contributed by atoms with Crippen LogP contribution >= 0.6 is 0 Å². The molecule has 0 spiro atoms. The lowest BCUT2D eigenvalue weighted by Crippen LogP contribution is -2.44. The summed E-state index contributed by atoms with van der Waals surface area (Å²) in [5.74, 6) is -1.78. The number of carboxylic acids is 1. The monoisotopic (exact) mass is 309 g/mol. The molecule has 0 aromatic carbocycles. The van der Waals surface area contributed by atoms with E-state index in [1.807, 2.05) is 0 Å². The summed E-state index contributed by atoms with van der Waals surface area (Å²) >= 11 is 0. The van der Waals surface area contributed by atoms with Gasteiger partial charge in [-0.05, 0) is 19.3 Å². The van der Waals surface area contributed by atoms with Crippen LogP contribution in [0.15, 0.2) is 0 Å². The van der Waals surface area contributed by atoms with Crippen LogP contribution in [0, 0.1) is 5.41 Å². The van der Waals surface area contributed by atoms with Crippen LogP contribution in [-0.2, 0) is 9.59 Å². The molecule has 1 rings (SSSR count). The molecule has 1 N–H and O–H groups in total. The molecule has 122 valence electrons. The smallest absolute Gasteiger partial charge is 0.406 e. The number of carbonyl (C=O) groups is 2. The molecule has 7 heteroatoms. The first-order chi connectivity index (χ1) is 9.70. The van der Waals surface area contributed by atoms with Gasteiger partial charge in [0.2, 0.25) is 5.91 Å². The third-order valence-electron chi connectivity index (χ3n) is 3.97. The van der Waals surface area contributed by atoms with E-state index in [0.29, 0.717) is 32.1 Å². The Bertz CT molecular complexity index is 376. The average Bonchev–Trinajstić information content (AvgIpc) is 2.37. The first-order valence-electron chi connectivity index (χ1n) is 7.28. The lowest BCUT2D eigenvalue weighted by Gasteiger charge is -2.34. The van der Waals surface area contributed by atoms with Crippen molar-refractivity contribution in [3.8, 4) is 0 Å². The molecule has 0 bridgehead atoms. The van der Waals surface area contributed by atoms with Crippen molar-refractivity contribution in [1.29, 1.82) is 0 Å². The number of rotatable bonds is 6. The van der Waals surface area contributed by atoms with Gasteiger partial charge in [-0.25, -0.2) is 0 Å². The molecule has 1 amide bonds. The third-order valence-corrected chi connectivity index (χ3v) is 3.97. The number of alkyl halides is 3. The summed E-state index contributed by atoms with van der Waals surface area (Å²) in [5, 5.41) is 9.39. The van der Waals surface area contributed by atoms with Gasteiger partial charge < -0.3 is 10.0 Å². The summed E-state index contributed by atoms with van der Waals surface area (Å²) in [6, 6.07) is 0. The number of amides is 1. The normalized spacial score (nSPS) is 18.3. The second-order valence-corrected chi connectivity index (χ2v) is 5.75. The van der Waals surface area contributed by atoms with E-state index < -0.39 is 30.0 Å². The van der Waals surface area contributed by atoms with Gasteiger partial charge in [0.1, 0.15) is 6.54 Å². The van der Waals surface area contributed by atoms with Gasteiger partial charge in [0, 0.05) is 13.0 Å². The second kappa shape index (κ2) is 7.13. The minimum absolute atomic E-state index is 0.00591. The van der Waals surface area contributed by atoms with E-state index in [9.17, 15) is 27.9 Å². The van der Waals surface area contributed by atoms with Crippen molar-refractivity contribution in [3.05, 3.63) is 0 Å². The van der Waals surface area contributed by atoms with E-state index in [1.165, 1.54) is 0 Å². The number of nitrogens with zero attached hydrogens (tertiary/aromatic N) is 1. The van der Waals surface area contributed by atoms with Crippen molar-refractivity contribution in [1.82, 2.24) is 4.90 Å². The Labute approximate surface area is 122 Å². The lowest BCUT2D eigenvalue weighted by molar-refractivity contribution is -0.166. The van der Waals surface area contributed by atoms with Gasteiger partial charge in [-0.1, -0.05) is 26.2 Å². The Hall–Kier alpha value is -1.27. The third kappa shape index (κ3) is 5.21. The highest BCUT2D eigenvalue weighted by Gasteiger charge is 2.43. The topological polar surface area (TPSA) is 57.6 Å². The quantitative estimate of drug-likeness (QED) is 0.819. The molecule has 0 aromatic heterocycles. The summed E-state index contributed by atoms with van der Waals surface area (Å²) in [6.45, 7) is 0.369. The first-order valence-corrected chi connectivity index (χ1v) is 7.28. The summed E-state index contributed by atoms with van der Waals surface area (Å²) < 4.78 is 37.5. The number of carbonyl (C=O) groups excluding carboxylic acids is 1. The Morgan fingerprint density at radius 2 is 1.76 bits per heavy atom. The van der Waals surface area contributed by atoms with E-state index in [-0.39, 0.29) is 13.0 Å².